The molecule has 1 aliphatic carbocycles. The van der Waals surface area contributed by atoms with Gasteiger partial charge in [-0.25, -0.2) is 8.78 Å². The van der Waals surface area contributed by atoms with Crippen LogP contribution in [0.1, 0.15) is 27.4 Å². The van der Waals surface area contributed by atoms with Crippen LogP contribution in [0.5, 0.6) is 0 Å². The summed E-state index contributed by atoms with van der Waals surface area (Å²) < 4.78 is 92.6. The SMILES string of the molecule is Nc1c(F)ccc(CC(=O)c2cc(NC(=O)C3C(c4cc(Cl)cc(S(F)(F)(F)(F)F)c4)C3(Cl)Cl)ccc2Cl)c1F. The van der Waals surface area contributed by atoms with Crippen LogP contribution in [0, 0.1) is 17.6 Å². The third-order valence-electron chi connectivity index (χ3n) is 6.13. The van der Waals surface area contributed by atoms with Crippen molar-refractivity contribution < 1.29 is 37.8 Å². The highest BCUT2D eigenvalue weighted by Crippen LogP contribution is 3.02. The Balaban J connectivity index is 1.57. The lowest BCUT2D eigenvalue weighted by atomic mass is 10.0. The first-order valence-corrected chi connectivity index (χ1v) is 14.3. The Hall–Kier alpha value is -2.38. The summed E-state index contributed by atoms with van der Waals surface area (Å²) in [6.45, 7) is 0. The molecular weight excluding hydrogens is 655 g/mol. The molecular formula is C24H15Cl4F7N2O2S. The molecule has 1 amide bonds. The minimum atomic E-state index is -10.1. The number of hydrogen-bond donors (Lipinski definition) is 2. The van der Waals surface area contributed by atoms with E-state index in [-0.39, 0.29) is 34.0 Å². The first kappa shape index (κ1) is 30.6. The summed E-state index contributed by atoms with van der Waals surface area (Å²) in [5.41, 5.74) is 3.71. The Morgan fingerprint density at radius 3 is 2.23 bits per heavy atom. The molecule has 4 rings (SSSR count). The number of halogens is 11. The smallest absolute Gasteiger partial charge is 0.310 e. The quantitative estimate of drug-likeness (QED) is 0.114. The van der Waals surface area contributed by atoms with E-state index in [1.54, 1.807) is 0 Å². The van der Waals surface area contributed by atoms with Gasteiger partial charge in [0.05, 0.1) is 10.9 Å². The number of hydrogen-bond acceptors (Lipinski definition) is 3. The van der Waals surface area contributed by atoms with Crippen molar-refractivity contribution in [3.63, 3.8) is 0 Å². The molecule has 0 heterocycles. The van der Waals surface area contributed by atoms with E-state index >= 15 is 0 Å². The molecule has 3 aromatic carbocycles. The van der Waals surface area contributed by atoms with E-state index < -0.39 is 77.3 Å². The number of rotatable bonds is 7. The number of ketones is 1. The summed E-state index contributed by atoms with van der Waals surface area (Å²) in [4.78, 5) is 23.5. The Bertz CT molecular complexity index is 1590. The topological polar surface area (TPSA) is 72.2 Å². The molecule has 3 N–H and O–H groups in total. The van der Waals surface area contributed by atoms with Crippen LogP contribution in [0.2, 0.25) is 10.0 Å². The van der Waals surface area contributed by atoms with Gasteiger partial charge in [0.25, 0.3) is 0 Å². The van der Waals surface area contributed by atoms with Crippen LogP contribution in [0.3, 0.4) is 0 Å². The first-order chi connectivity index (χ1) is 18.1. The van der Waals surface area contributed by atoms with Gasteiger partial charge in [-0.3, -0.25) is 9.59 Å². The van der Waals surface area contributed by atoms with Crippen molar-refractivity contribution in [1.29, 1.82) is 0 Å². The molecule has 0 aliphatic heterocycles. The molecule has 40 heavy (non-hydrogen) atoms. The molecule has 216 valence electrons. The van der Waals surface area contributed by atoms with Gasteiger partial charge in [-0.2, -0.15) is 0 Å². The molecule has 1 fully saturated rings. The Morgan fingerprint density at radius 1 is 0.950 bits per heavy atom. The van der Waals surface area contributed by atoms with E-state index in [1.165, 1.54) is 12.1 Å². The van der Waals surface area contributed by atoms with Gasteiger partial charge < -0.3 is 11.1 Å². The second-order valence-corrected chi connectivity index (χ2v) is 13.7. The zero-order chi connectivity index (χ0) is 30.1. The predicted molar refractivity (Wildman–Crippen MR) is 142 cm³/mol. The number of carbonyl (C=O) groups is 2. The summed E-state index contributed by atoms with van der Waals surface area (Å²) in [6, 6.07) is 6.71. The molecule has 0 bridgehead atoms. The van der Waals surface area contributed by atoms with Crippen molar-refractivity contribution in [3.05, 3.63) is 86.9 Å². The van der Waals surface area contributed by atoms with Crippen molar-refractivity contribution in [3.8, 4) is 0 Å². The van der Waals surface area contributed by atoms with Crippen LogP contribution in [0.15, 0.2) is 53.4 Å². The van der Waals surface area contributed by atoms with Gasteiger partial charge in [-0.15, -0.1) is 23.2 Å². The van der Waals surface area contributed by atoms with Crippen LogP contribution in [0.25, 0.3) is 0 Å². The van der Waals surface area contributed by atoms with Crippen LogP contribution >= 0.6 is 56.6 Å². The highest BCUT2D eigenvalue weighted by molar-refractivity contribution is 8.45. The largest absolute Gasteiger partial charge is 0.394 e. The molecule has 0 radical (unpaired) electrons. The molecule has 0 saturated heterocycles. The normalized spacial score (nSPS) is 19.9. The highest BCUT2D eigenvalue weighted by atomic mass is 35.5. The Kier molecular flexibility index (Phi) is 7.12. The molecule has 4 nitrogen and oxygen atoms in total. The van der Waals surface area contributed by atoms with Gasteiger partial charge >= 0.3 is 10.2 Å². The zero-order valence-corrected chi connectivity index (χ0v) is 23.3. The van der Waals surface area contributed by atoms with E-state index in [0.29, 0.717) is 0 Å². The Morgan fingerprint density at radius 2 is 1.60 bits per heavy atom. The number of nitrogens with one attached hydrogen (secondary N) is 1. The predicted octanol–water partition coefficient (Wildman–Crippen LogP) is 9.46. The number of Topliss-reactive ketones (excluding diaryl/α,β-unsaturated/α-hetero) is 1. The number of anilines is 2. The van der Waals surface area contributed by atoms with Gasteiger partial charge in [0.2, 0.25) is 5.91 Å². The molecule has 2 atom stereocenters. The zero-order valence-electron chi connectivity index (χ0n) is 19.4. The molecule has 1 saturated carbocycles. The number of benzene rings is 3. The molecule has 0 aromatic heterocycles. The summed E-state index contributed by atoms with van der Waals surface area (Å²) in [5.74, 6) is -6.50. The number of alkyl halides is 2. The van der Waals surface area contributed by atoms with E-state index in [9.17, 15) is 37.8 Å². The van der Waals surface area contributed by atoms with Crippen molar-refractivity contribution >= 4 is 79.7 Å². The summed E-state index contributed by atoms with van der Waals surface area (Å²) >= 11 is 24.0. The summed E-state index contributed by atoms with van der Waals surface area (Å²) in [6.07, 6.45) is -0.562. The van der Waals surface area contributed by atoms with Crippen molar-refractivity contribution in [1.82, 2.24) is 0 Å². The second-order valence-electron chi connectivity index (χ2n) is 9.04. The van der Waals surface area contributed by atoms with Gasteiger partial charge in [0.1, 0.15) is 20.7 Å². The maximum atomic E-state index is 14.3. The minimum Gasteiger partial charge on any atom is -0.394 e. The molecule has 1 aliphatic rings. The summed E-state index contributed by atoms with van der Waals surface area (Å²) in [5, 5.41) is 1.64. The van der Waals surface area contributed by atoms with Gasteiger partial charge in [-0.05, 0) is 53.6 Å². The van der Waals surface area contributed by atoms with Crippen LogP contribution in [-0.2, 0) is 11.2 Å². The third-order valence-corrected chi connectivity index (χ3v) is 8.74. The fourth-order valence-electron chi connectivity index (χ4n) is 4.11. The second kappa shape index (κ2) is 9.32. The minimum absolute atomic E-state index is 0.0228. The number of amides is 1. The van der Waals surface area contributed by atoms with E-state index in [2.05, 4.69) is 5.32 Å². The first-order valence-electron chi connectivity index (χ1n) is 10.9. The van der Waals surface area contributed by atoms with Crippen LogP contribution < -0.4 is 11.1 Å². The van der Waals surface area contributed by atoms with Crippen LogP contribution in [0.4, 0.5) is 39.6 Å². The average molecular weight is 670 g/mol. The number of carbonyl (C=O) groups excluding carboxylic acids is 2. The fraction of sp³-hybridized carbons (Fsp3) is 0.167. The molecule has 16 heteroatoms. The number of nitrogen functional groups attached to an aromatic ring is 1. The third kappa shape index (κ3) is 6.11. The lowest BCUT2D eigenvalue weighted by Gasteiger charge is -2.40. The standard InChI is InChI=1S/C24H15Cl4F7N2O2S/c25-12-5-11(6-14(8-12)40(31,32,33,34)35)19-20(24(19,27)28)23(39)37-13-2-3-16(26)15(9-13)18(38)7-10-1-4-17(29)22(36)21(10)30/h1-6,8-9,19-20H,7,36H2,(H,37,39). The molecule has 0 spiro atoms. The Labute approximate surface area is 242 Å². The maximum absolute atomic E-state index is 14.3. The van der Waals surface area contributed by atoms with E-state index in [0.717, 1.165) is 24.3 Å². The lowest BCUT2D eigenvalue weighted by molar-refractivity contribution is -0.117. The molecule has 2 unspecified atom stereocenters. The maximum Gasteiger partial charge on any atom is 0.310 e. The monoisotopic (exact) mass is 668 g/mol. The van der Waals surface area contributed by atoms with E-state index in [1.807, 2.05) is 0 Å². The van der Waals surface area contributed by atoms with Crippen molar-refractivity contribution in [2.75, 3.05) is 11.1 Å². The number of nitrogens with two attached hydrogens (primary N) is 1. The average Bonchev–Trinajstić information content (AvgIpc) is 3.40. The lowest BCUT2D eigenvalue weighted by Crippen LogP contribution is -2.17. The highest BCUT2D eigenvalue weighted by Gasteiger charge is 2.69. The van der Waals surface area contributed by atoms with Gasteiger partial charge in [0, 0.05) is 28.6 Å². The molecule has 3 aromatic rings. The van der Waals surface area contributed by atoms with E-state index in [4.69, 9.17) is 52.1 Å². The van der Waals surface area contributed by atoms with Gasteiger partial charge in [0.15, 0.2) is 11.6 Å². The van der Waals surface area contributed by atoms with Crippen LogP contribution in [-0.4, -0.2) is 16.0 Å². The van der Waals surface area contributed by atoms with Crippen molar-refractivity contribution in [2.24, 2.45) is 5.92 Å². The summed E-state index contributed by atoms with van der Waals surface area (Å²) in [7, 11) is -10.1. The van der Waals surface area contributed by atoms with Crippen molar-refractivity contribution in [2.45, 2.75) is 21.6 Å². The fourth-order valence-corrected chi connectivity index (χ4v) is 6.18. The van der Waals surface area contributed by atoms with Gasteiger partial charge in [-0.1, -0.05) is 48.7 Å².